The molecule has 0 unspecified atom stereocenters. The van der Waals surface area contributed by atoms with E-state index in [2.05, 4.69) is 26.3 Å². The van der Waals surface area contributed by atoms with Crippen molar-refractivity contribution in [3.8, 4) is 28.7 Å². The van der Waals surface area contributed by atoms with Gasteiger partial charge in [0.25, 0.3) is 35.4 Å². The summed E-state index contributed by atoms with van der Waals surface area (Å²) >= 11 is 0. The number of esters is 4. The molecule has 0 atom stereocenters. The van der Waals surface area contributed by atoms with E-state index >= 15 is 0 Å². The summed E-state index contributed by atoms with van der Waals surface area (Å²) in [4.78, 5) is 142. The van der Waals surface area contributed by atoms with E-state index in [1.807, 2.05) is 6.07 Å². The lowest BCUT2D eigenvalue weighted by Gasteiger charge is -2.31. The highest BCUT2D eigenvalue weighted by molar-refractivity contribution is 6.31. The molecule has 7 aromatic carbocycles. The van der Waals surface area contributed by atoms with Crippen LogP contribution in [0.5, 0.6) is 28.7 Å². The van der Waals surface area contributed by atoms with Crippen LogP contribution in [0.3, 0.4) is 0 Å². The van der Waals surface area contributed by atoms with Crippen LogP contribution in [0.15, 0.2) is 152 Å². The van der Waals surface area contributed by atoms with Gasteiger partial charge in [-0.05, 0) is 142 Å². The van der Waals surface area contributed by atoms with Crippen LogP contribution in [0.1, 0.15) is 147 Å². The number of rotatable bonds is 26. The molecule has 3 aliphatic heterocycles. The van der Waals surface area contributed by atoms with Crippen molar-refractivity contribution in [3.05, 3.63) is 196 Å². The van der Waals surface area contributed by atoms with E-state index in [1.54, 1.807) is 166 Å². The molecule has 0 radical (unpaired) electrons. The Morgan fingerprint density at radius 2 is 0.580 bits per heavy atom. The smallest absolute Gasteiger partial charge is 0.333 e. The predicted molar refractivity (Wildman–Crippen MR) is 370 cm³/mol. The van der Waals surface area contributed by atoms with Gasteiger partial charge in [-0.3, -0.25) is 48.3 Å². The molecule has 6 amide bonds. The van der Waals surface area contributed by atoms with Gasteiger partial charge >= 0.3 is 23.9 Å². The van der Waals surface area contributed by atoms with Crippen molar-refractivity contribution in [2.45, 2.75) is 87.4 Å². The summed E-state index contributed by atoms with van der Waals surface area (Å²) in [6.45, 7) is 31.1. The topological polar surface area (TPSA) is 281 Å². The lowest BCUT2D eigenvalue weighted by Crippen LogP contribution is -2.44. The summed E-state index contributed by atoms with van der Waals surface area (Å²) in [7, 11) is 1.51. The number of hydrogen-bond acceptors (Lipinski definition) is 20. The van der Waals surface area contributed by atoms with Crippen molar-refractivity contribution in [3.63, 3.8) is 0 Å². The summed E-state index contributed by atoms with van der Waals surface area (Å²) in [5.41, 5.74) is 4.07. The van der Waals surface area contributed by atoms with Crippen LogP contribution >= 0.6 is 0 Å². The monoisotopic (exact) mass is 1360 g/mol. The molecule has 0 bridgehead atoms. The highest BCUT2D eigenvalue weighted by Crippen LogP contribution is 2.44. The maximum Gasteiger partial charge on any atom is 0.333 e. The average molecular weight is 1360 g/mol. The van der Waals surface area contributed by atoms with Gasteiger partial charge in [-0.15, -0.1) is 0 Å². The maximum atomic E-state index is 13.5. The van der Waals surface area contributed by atoms with Crippen LogP contribution in [-0.2, 0) is 38.1 Å². The second-order valence-corrected chi connectivity index (χ2v) is 24.1. The molecule has 520 valence electrons. The average Bonchev–Trinajstić information content (AvgIpc) is 0.744. The molecule has 0 saturated heterocycles. The molecule has 23 nitrogen and oxygen atoms in total. The SMILES string of the molecule is C=C(C)C(=O)OCCOc1ccc2c3c(ccc(C(=O)c4ccccc4)c13)C(=O)N(C(C)C)C2=O.C=C(C)C(=O)OCCOc1ccc2c3c(ccc(OC)c13)C(=O)N(C(C)C)C2=O.C=C(C)C(=O)OCCOc1ccc2c3c(ccc(OCCOC(=O)C(=C)C)c13)C(=O)N(C(C)C)C2=O. The predicted octanol–water partition coefficient (Wildman–Crippen LogP) is 11.8. The Balaban J connectivity index is 0.000000192. The van der Waals surface area contributed by atoms with E-state index < -0.39 is 47.5 Å². The molecule has 0 aliphatic carbocycles. The van der Waals surface area contributed by atoms with Crippen LogP contribution in [0.4, 0.5) is 0 Å². The van der Waals surface area contributed by atoms with Gasteiger partial charge in [-0.2, -0.15) is 0 Å². The number of amides is 6. The van der Waals surface area contributed by atoms with Gasteiger partial charge in [0, 0.05) is 106 Å². The molecule has 7 aromatic rings. The summed E-state index contributed by atoms with van der Waals surface area (Å²) in [6, 6.07) is 27.3. The highest BCUT2D eigenvalue weighted by atomic mass is 16.6. The van der Waals surface area contributed by atoms with Crippen LogP contribution in [0.25, 0.3) is 32.3 Å². The summed E-state index contributed by atoms with van der Waals surface area (Å²) in [6.07, 6.45) is 0. The normalized spacial score (nSPS) is 12.8. The summed E-state index contributed by atoms with van der Waals surface area (Å²) in [5, 5.41) is 2.65. The molecule has 0 N–H and O–H groups in total. The fraction of sp³-hybridized carbons (Fsp3) is 0.286. The minimum absolute atomic E-state index is 0.0106. The quantitative estimate of drug-likeness (QED) is 0.0122. The molecule has 0 spiro atoms. The highest BCUT2D eigenvalue weighted by Gasteiger charge is 2.40. The number of ether oxygens (including phenoxy) is 9. The maximum absolute atomic E-state index is 13.5. The van der Waals surface area contributed by atoms with Gasteiger partial charge in [-0.1, -0.05) is 56.6 Å². The van der Waals surface area contributed by atoms with Crippen LogP contribution in [0, 0.1) is 0 Å². The van der Waals surface area contributed by atoms with Gasteiger partial charge in [0.1, 0.15) is 81.6 Å². The third kappa shape index (κ3) is 15.6. The summed E-state index contributed by atoms with van der Waals surface area (Å²) in [5.74, 6) is -2.81. The number of nitrogens with zero attached hydrogens (tertiary/aromatic N) is 3. The molecule has 0 saturated carbocycles. The third-order valence-electron chi connectivity index (χ3n) is 15.7. The largest absolute Gasteiger partial charge is 0.496 e. The zero-order valence-corrected chi connectivity index (χ0v) is 57.5. The van der Waals surface area contributed by atoms with E-state index in [0.717, 1.165) is 0 Å². The Hall–Kier alpha value is -11.8. The Morgan fingerprint density at radius 1 is 0.330 bits per heavy atom. The first kappa shape index (κ1) is 74.0. The Kier molecular flexibility index (Phi) is 23.8. The number of hydrogen-bond donors (Lipinski definition) is 0. The molecule has 3 heterocycles. The second kappa shape index (κ2) is 32.1. The summed E-state index contributed by atoms with van der Waals surface area (Å²) < 4.78 is 49.2. The Morgan fingerprint density at radius 3 is 0.850 bits per heavy atom. The molecule has 3 aliphatic rings. The molecular weight excluding hydrogens is 1290 g/mol. The van der Waals surface area contributed by atoms with Crippen LogP contribution < -0.4 is 23.7 Å². The van der Waals surface area contributed by atoms with Gasteiger partial charge in [0.05, 0.1) is 17.9 Å². The zero-order valence-electron chi connectivity index (χ0n) is 57.5. The number of imide groups is 3. The molecule has 10 rings (SSSR count). The molecule has 0 aromatic heterocycles. The lowest BCUT2D eigenvalue weighted by molar-refractivity contribution is -0.140. The van der Waals surface area contributed by atoms with E-state index in [-0.39, 0.29) is 105 Å². The van der Waals surface area contributed by atoms with Crippen molar-refractivity contribution in [1.29, 1.82) is 0 Å². The lowest BCUT2D eigenvalue weighted by atomic mass is 9.88. The first-order chi connectivity index (χ1) is 47.5. The minimum atomic E-state index is -0.534. The van der Waals surface area contributed by atoms with Gasteiger partial charge in [-0.25, -0.2) is 19.2 Å². The number of carbonyl (C=O) groups is 11. The van der Waals surface area contributed by atoms with Crippen molar-refractivity contribution in [2.24, 2.45) is 0 Å². The fourth-order valence-electron chi connectivity index (χ4n) is 11.1. The first-order valence-electron chi connectivity index (χ1n) is 31.9. The fourth-order valence-corrected chi connectivity index (χ4v) is 11.1. The van der Waals surface area contributed by atoms with Crippen molar-refractivity contribution >= 4 is 97.4 Å². The second-order valence-electron chi connectivity index (χ2n) is 24.1. The molecule has 0 fully saturated rings. The molecule has 100 heavy (non-hydrogen) atoms. The number of ketones is 1. The van der Waals surface area contributed by atoms with E-state index in [9.17, 15) is 52.7 Å². The number of benzene rings is 7. The zero-order chi connectivity index (χ0) is 73.1. The van der Waals surface area contributed by atoms with Gasteiger partial charge in [0.2, 0.25) is 0 Å². The van der Waals surface area contributed by atoms with Crippen molar-refractivity contribution in [1.82, 2.24) is 14.7 Å². The van der Waals surface area contributed by atoms with Gasteiger partial charge in [0.15, 0.2) is 5.78 Å². The van der Waals surface area contributed by atoms with E-state index in [4.69, 9.17) is 42.6 Å². The minimum Gasteiger partial charge on any atom is -0.496 e. The van der Waals surface area contributed by atoms with Crippen molar-refractivity contribution in [2.75, 3.05) is 60.0 Å². The molecular formula is C77H77N3O20. The first-order valence-corrected chi connectivity index (χ1v) is 31.9. The van der Waals surface area contributed by atoms with Crippen LogP contribution in [-0.4, -0.2) is 158 Å². The molecule has 23 heteroatoms. The van der Waals surface area contributed by atoms with E-state index in [1.165, 1.54) is 21.8 Å². The number of methoxy groups -OCH3 is 1. The van der Waals surface area contributed by atoms with Crippen molar-refractivity contribution < 1.29 is 95.4 Å². The Bertz CT molecular complexity index is 4430. The van der Waals surface area contributed by atoms with Crippen LogP contribution in [0.2, 0.25) is 0 Å². The van der Waals surface area contributed by atoms with E-state index in [0.29, 0.717) is 111 Å². The Labute approximate surface area is 577 Å². The van der Waals surface area contributed by atoms with Gasteiger partial charge < -0.3 is 42.6 Å². The standard InChI is InChI=1S/C28H25NO6.C27H29NO8.C22H23NO6/c1-16(2)28(33)35-15-14-34-22-13-12-21-23-20(26(31)29(17(3)4)27(21)32)11-10-19(24(22)23)25(30)18-8-6-5-7-9-18;1-15(2)26(31)35-13-11-33-20-9-7-18-22-19(25(30)28(17(5)6)24(18)29)8-10-21(23(20)22)34-12-14-36-27(32)16(3)4;1-12(2)22(26)29-11-10-28-17-9-7-15-18-14(6-8-16(27-5)19(17)18)20(24)23(13(3)4)21(15)25/h5-13,17H,1,14-15H2,2-4H3;7-10,17H,1,3,11-14H2,2,4-6H3;6-9,13H,1,10-11H2,2-5H3. The third-order valence-corrected chi connectivity index (χ3v) is 15.7. The number of carbonyl (C=O) groups excluding carboxylic acids is 11.